The van der Waals surface area contributed by atoms with Crippen molar-refractivity contribution in [1.82, 2.24) is 39.4 Å². The van der Waals surface area contributed by atoms with E-state index < -0.39 is 45.9 Å². The Morgan fingerprint density at radius 1 is 0.500 bits per heavy atom. The van der Waals surface area contributed by atoms with Crippen molar-refractivity contribution >= 4 is 23.6 Å². The van der Waals surface area contributed by atoms with E-state index in [0.29, 0.717) is 4.73 Å². The lowest BCUT2D eigenvalue weighted by atomic mass is 10.2. The van der Waals surface area contributed by atoms with Crippen LogP contribution < -0.4 is 37.9 Å². The first-order valence-corrected chi connectivity index (χ1v) is 18.5. The lowest BCUT2D eigenvalue weighted by Crippen LogP contribution is -2.40. The van der Waals surface area contributed by atoms with Gasteiger partial charge in [-0.2, -0.15) is 4.89 Å². The van der Waals surface area contributed by atoms with Crippen LogP contribution in [-0.2, 0) is 4.89 Å². The van der Waals surface area contributed by atoms with Gasteiger partial charge in [0.1, 0.15) is 17.1 Å². The van der Waals surface area contributed by atoms with Crippen molar-refractivity contribution in [2.24, 2.45) is 0 Å². The highest BCUT2D eigenvalue weighted by Crippen LogP contribution is 2.10. The molecule has 0 atom stereocenters. The number of rotatable bonds is 19. The number of unbranched alkanes of at least 4 members (excludes halogenated alkanes) is 1. The Kier molecular flexibility index (Phi) is 24.0. The number of hydrogen-bond donors (Lipinski definition) is 8. The third-order valence-electron chi connectivity index (χ3n) is 8.22. The van der Waals surface area contributed by atoms with Crippen LogP contribution in [0.5, 0.6) is 0 Å². The molecule has 4 heterocycles. The van der Waals surface area contributed by atoms with Crippen LogP contribution in [0, 0.1) is 0 Å². The Morgan fingerprint density at radius 3 is 1.23 bits per heavy atom. The Bertz CT molecular complexity index is 2290. The van der Waals surface area contributed by atoms with Gasteiger partial charge in [0.15, 0.2) is 5.69 Å². The zero-order valence-electron chi connectivity index (χ0n) is 34.4. The predicted molar refractivity (Wildman–Crippen MR) is 217 cm³/mol. The molecule has 0 aromatic carbocycles. The van der Waals surface area contributed by atoms with Crippen LogP contribution in [0.1, 0.15) is 67.6 Å². The molecule has 24 nitrogen and oxygen atoms in total. The van der Waals surface area contributed by atoms with Crippen molar-refractivity contribution in [1.29, 1.82) is 0 Å². The molecule has 0 saturated carbocycles. The van der Waals surface area contributed by atoms with E-state index in [1.165, 1.54) is 58.3 Å². The third-order valence-corrected chi connectivity index (χ3v) is 8.22. The minimum absolute atomic E-state index is 0.00685. The van der Waals surface area contributed by atoms with E-state index in [-0.39, 0.29) is 102 Å². The second-order valence-corrected chi connectivity index (χ2v) is 12.0. The maximum absolute atomic E-state index is 13.5. The van der Waals surface area contributed by atoms with E-state index in [1.807, 2.05) is 0 Å². The standard InChI is InChI=1S/C35H40N8O13.3CH4O/c1-55-56-43-25(11-5-17-31(43)47)33(49)37-19-9-23-39(35(51)27-13-7-16-30(46)42(27)54)21-3-2-20-38(34(50)26-12-6-15-29(45)41(26)53)22-8-18-36-32(48)24-10-4-14-28(44)40(24)52;3*1-2/h4-7,10-17,52-54H,2-3,8-9,18-23H2,1H3,(H,36,48)(H,37,49);3*2H,1H3. The summed E-state index contributed by atoms with van der Waals surface area (Å²) in [6.45, 7) is 0.206. The molecule has 0 saturated heterocycles. The summed E-state index contributed by atoms with van der Waals surface area (Å²) in [5, 5.41) is 56.5. The highest BCUT2D eigenvalue weighted by Gasteiger charge is 2.23. The van der Waals surface area contributed by atoms with Gasteiger partial charge in [-0.3, -0.25) is 38.4 Å². The fraction of sp³-hybridized carbons (Fsp3) is 0.368. The number of amides is 4. The molecule has 0 aliphatic heterocycles. The SMILES string of the molecule is CO.CO.CO.COOn1c(C(=O)NCCCN(CCCCN(CCCNC(=O)c2cccc(=O)n2O)C(=O)c2cccc(=O)n2O)C(=O)c2cccc(=O)n2O)cccc1=O. The molecule has 0 aliphatic carbocycles. The Labute approximate surface area is 353 Å². The first kappa shape index (κ1) is 52.7. The number of aromatic nitrogens is 4. The van der Waals surface area contributed by atoms with E-state index in [9.17, 15) is 54.0 Å². The highest BCUT2D eigenvalue weighted by atomic mass is 17.3. The van der Waals surface area contributed by atoms with Crippen LogP contribution in [0.3, 0.4) is 0 Å². The molecular weight excluding hydrogens is 824 g/mol. The molecule has 24 heteroatoms. The van der Waals surface area contributed by atoms with Crippen LogP contribution >= 0.6 is 0 Å². The number of nitrogens with one attached hydrogen (secondary N) is 2. The number of aliphatic hydroxyl groups is 3. The largest absolute Gasteiger partial charge is 0.425 e. The number of carbonyl (C=O) groups is 4. The second-order valence-electron chi connectivity index (χ2n) is 12.0. The molecular formula is C38H52N8O16. The molecule has 4 rings (SSSR count). The minimum Gasteiger partial charge on any atom is -0.425 e. The number of pyridine rings is 4. The molecule has 0 bridgehead atoms. The summed E-state index contributed by atoms with van der Waals surface area (Å²) in [7, 11) is 4.16. The van der Waals surface area contributed by atoms with Crippen molar-refractivity contribution in [3.63, 3.8) is 0 Å². The molecule has 0 spiro atoms. The average Bonchev–Trinajstić information content (AvgIpc) is 3.28. The van der Waals surface area contributed by atoms with E-state index in [2.05, 4.69) is 15.5 Å². The monoisotopic (exact) mass is 876 g/mol. The first-order valence-electron chi connectivity index (χ1n) is 18.5. The average molecular weight is 877 g/mol. The van der Waals surface area contributed by atoms with Gasteiger partial charge in [-0.05, 0) is 49.9 Å². The van der Waals surface area contributed by atoms with Crippen molar-refractivity contribution < 1.29 is 60.0 Å². The molecule has 340 valence electrons. The number of hydrogen-bond acceptors (Lipinski definition) is 16. The lowest BCUT2D eigenvalue weighted by molar-refractivity contribution is -0.274. The van der Waals surface area contributed by atoms with E-state index in [1.54, 1.807) is 0 Å². The zero-order valence-corrected chi connectivity index (χ0v) is 34.4. The minimum atomic E-state index is -0.837. The molecule has 4 amide bonds. The van der Waals surface area contributed by atoms with Crippen LogP contribution in [0.4, 0.5) is 0 Å². The van der Waals surface area contributed by atoms with Crippen molar-refractivity contribution in [3.05, 3.63) is 137 Å². The summed E-state index contributed by atoms with van der Waals surface area (Å²) in [5.74, 6) is -2.83. The van der Waals surface area contributed by atoms with Crippen LogP contribution in [0.15, 0.2) is 92.0 Å². The first-order chi connectivity index (χ1) is 29.8. The molecule has 8 N–H and O–H groups in total. The van der Waals surface area contributed by atoms with Crippen LogP contribution in [0.2, 0.25) is 0 Å². The van der Waals surface area contributed by atoms with Crippen LogP contribution in [0.25, 0.3) is 0 Å². The van der Waals surface area contributed by atoms with Gasteiger partial charge in [0.2, 0.25) is 0 Å². The molecule has 0 aliphatic rings. The molecule has 4 aromatic rings. The topological polar surface area (TPSA) is 327 Å². The summed E-state index contributed by atoms with van der Waals surface area (Å²) >= 11 is 0. The summed E-state index contributed by atoms with van der Waals surface area (Å²) < 4.78 is 1.28. The lowest BCUT2D eigenvalue weighted by Gasteiger charge is -2.26. The number of aliphatic hydroxyl groups excluding tert-OH is 3. The summed E-state index contributed by atoms with van der Waals surface area (Å²) in [5.41, 5.74) is -4.21. The van der Waals surface area contributed by atoms with E-state index in [0.717, 1.165) is 52.7 Å². The normalized spacial score (nSPS) is 9.98. The maximum Gasteiger partial charge on any atom is 0.286 e. The Morgan fingerprint density at radius 2 is 0.823 bits per heavy atom. The summed E-state index contributed by atoms with van der Waals surface area (Å²) in [6.07, 6.45) is 0.912. The Hall–Kier alpha value is -7.28. The fourth-order valence-corrected chi connectivity index (χ4v) is 5.42. The third kappa shape index (κ3) is 15.1. The van der Waals surface area contributed by atoms with E-state index in [4.69, 9.17) is 20.3 Å². The van der Waals surface area contributed by atoms with Gasteiger partial charge >= 0.3 is 0 Å². The maximum atomic E-state index is 13.5. The van der Waals surface area contributed by atoms with Gasteiger partial charge in [0.05, 0.1) is 7.11 Å². The highest BCUT2D eigenvalue weighted by molar-refractivity contribution is 5.94. The number of carbonyl (C=O) groups excluding carboxylic acids is 4. The summed E-state index contributed by atoms with van der Waals surface area (Å²) in [6, 6.07) is 14.7. The van der Waals surface area contributed by atoms with Gasteiger partial charge in [0.25, 0.3) is 45.9 Å². The zero-order chi connectivity index (χ0) is 46.8. The molecule has 4 aromatic heterocycles. The molecule has 0 radical (unpaired) electrons. The molecule has 62 heavy (non-hydrogen) atoms. The van der Waals surface area contributed by atoms with Gasteiger partial charge in [-0.25, -0.2) is 4.99 Å². The Balaban J connectivity index is 0.00000306. The predicted octanol–water partition coefficient (Wildman–Crippen LogP) is -2.13. The molecule has 0 fully saturated rings. The molecule has 0 unspecified atom stereocenters. The van der Waals surface area contributed by atoms with Gasteiger partial charge < -0.3 is 51.4 Å². The van der Waals surface area contributed by atoms with Crippen molar-refractivity contribution in [2.45, 2.75) is 25.7 Å². The van der Waals surface area contributed by atoms with Crippen molar-refractivity contribution in [2.75, 3.05) is 67.7 Å². The van der Waals surface area contributed by atoms with Gasteiger partial charge in [0, 0.05) is 84.9 Å². The summed E-state index contributed by atoms with van der Waals surface area (Å²) in [4.78, 5) is 112. The van der Waals surface area contributed by atoms with Gasteiger partial charge in [-0.1, -0.05) is 24.3 Å². The second kappa shape index (κ2) is 28.2. The quantitative estimate of drug-likeness (QED) is 0.0216. The smallest absolute Gasteiger partial charge is 0.286 e. The van der Waals surface area contributed by atoms with E-state index >= 15 is 0 Å². The van der Waals surface area contributed by atoms with Crippen LogP contribution in [-0.4, -0.2) is 151 Å². The van der Waals surface area contributed by atoms with Crippen molar-refractivity contribution in [3.8, 4) is 0 Å². The fourth-order valence-electron chi connectivity index (χ4n) is 5.42. The number of nitrogens with zero attached hydrogens (tertiary/aromatic N) is 6. The van der Waals surface area contributed by atoms with Gasteiger partial charge in [-0.15, -0.1) is 18.9 Å².